The zero-order valence-electron chi connectivity index (χ0n) is 14.5. The smallest absolute Gasteiger partial charge is 0.278 e. The Kier molecular flexibility index (Phi) is 5.55. The van der Waals surface area contributed by atoms with Crippen molar-refractivity contribution in [2.45, 2.75) is 13.8 Å². The van der Waals surface area contributed by atoms with Gasteiger partial charge in [0.2, 0.25) is 0 Å². The quantitative estimate of drug-likeness (QED) is 0.855. The van der Waals surface area contributed by atoms with Gasteiger partial charge in [-0.05, 0) is 24.1 Å². The molecule has 0 aliphatic carbocycles. The van der Waals surface area contributed by atoms with Gasteiger partial charge in [-0.15, -0.1) is 10.2 Å². The number of aromatic amines is 1. The van der Waals surface area contributed by atoms with Gasteiger partial charge in [0.15, 0.2) is 11.5 Å². The fraction of sp³-hybridized carbons (Fsp3) is 0.471. The summed E-state index contributed by atoms with van der Waals surface area (Å²) in [5.41, 5.74) is 1.06. The predicted molar refractivity (Wildman–Crippen MR) is 98.3 cm³/mol. The van der Waals surface area contributed by atoms with E-state index < -0.39 is 0 Å². The molecule has 0 atom stereocenters. The molecule has 1 aromatic carbocycles. The number of carbonyl (C=O) groups excluding carboxylic acids is 1. The van der Waals surface area contributed by atoms with E-state index in [1.165, 1.54) is 0 Å². The molecule has 8 heteroatoms. The Labute approximate surface area is 152 Å². The Bertz CT molecular complexity index is 723. The first-order chi connectivity index (χ1) is 12.0. The molecule has 0 unspecified atom stereocenters. The van der Waals surface area contributed by atoms with E-state index in [0.29, 0.717) is 35.5 Å². The number of hydrogen-bond donors (Lipinski definition) is 2. The predicted octanol–water partition coefficient (Wildman–Crippen LogP) is 2.62. The molecule has 1 saturated heterocycles. The molecule has 2 aromatic rings. The summed E-state index contributed by atoms with van der Waals surface area (Å²) in [6, 6.07) is 7.26. The highest BCUT2D eigenvalue weighted by Gasteiger charge is 2.26. The summed E-state index contributed by atoms with van der Waals surface area (Å²) in [5.74, 6) is 0.936. The normalized spacial score (nSPS) is 15.6. The summed E-state index contributed by atoms with van der Waals surface area (Å²) in [4.78, 5) is 17.0. The van der Waals surface area contributed by atoms with Crippen LogP contribution in [0.2, 0.25) is 5.02 Å². The molecule has 0 saturated carbocycles. The van der Waals surface area contributed by atoms with Gasteiger partial charge in [-0.2, -0.15) is 5.21 Å². The second-order valence-corrected chi connectivity index (χ2v) is 7.08. The topological polar surface area (TPSA) is 77.2 Å². The maximum absolute atomic E-state index is 12.8. The Hall–Kier alpha value is -2.12. The molecule has 7 nitrogen and oxygen atoms in total. The van der Waals surface area contributed by atoms with Gasteiger partial charge in [-0.25, -0.2) is 0 Å². The van der Waals surface area contributed by atoms with Gasteiger partial charge < -0.3 is 10.2 Å². The number of hydrogen-bond acceptors (Lipinski definition) is 5. The number of nitrogens with zero attached hydrogens (tertiary/aromatic N) is 4. The fourth-order valence-electron chi connectivity index (χ4n) is 2.97. The van der Waals surface area contributed by atoms with Crippen molar-refractivity contribution in [2.24, 2.45) is 5.92 Å². The van der Waals surface area contributed by atoms with Gasteiger partial charge in [0.25, 0.3) is 5.91 Å². The molecule has 1 amide bonds. The maximum Gasteiger partial charge on any atom is 0.278 e. The van der Waals surface area contributed by atoms with Crippen LogP contribution < -0.4 is 5.32 Å². The van der Waals surface area contributed by atoms with E-state index >= 15 is 0 Å². The van der Waals surface area contributed by atoms with Crippen molar-refractivity contribution in [3.63, 3.8) is 0 Å². The number of anilines is 2. The number of nitrogens with one attached hydrogen (secondary N) is 2. The number of rotatable bonds is 5. The molecular formula is C17H23ClN6O. The summed E-state index contributed by atoms with van der Waals surface area (Å²) in [6.45, 7) is 8.66. The highest BCUT2D eigenvalue weighted by atomic mass is 35.5. The van der Waals surface area contributed by atoms with Crippen molar-refractivity contribution in [1.82, 2.24) is 25.2 Å². The second-order valence-electron chi connectivity index (χ2n) is 6.64. The van der Waals surface area contributed by atoms with Gasteiger partial charge >= 0.3 is 0 Å². The summed E-state index contributed by atoms with van der Waals surface area (Å²) in [6.07, 6.45) is 0. The maximum atomic E-state index is 12.8. The Morgan fingerprint density at radius 3 is 2.72 bits per heavy atom. The molecule has 3 rings (SSSR count). The van der Waals surface area contributed by atoms with E-state index in [1.807, 2.05) is 17.0 Å². The summed E-state index contributed by atoms with van der Waals surface area (Å²) in [7, 11) is 0. The molecule has 1 aromatic heterocycles. The third kappa shape index (κ3) is 4.49. The van der Waals surface area contributed by atoms with Crippen LogP contribution in [-0.4, -0.2) is 63.8 Å². The Balaban J connectivity index is 1.65. The molecule has 0 bridgehead atoms. The van der Waals surface area contributed by atoms with E-state index in [9.17, 15) is 4.79 Å². The minimum atomic E-state index is -0.109. The van der Waals surface area contributed by atoms with Crippen LogP contribution in [0.4, 0.5) is 11.5 Å². The fourth-order valence-corrected chi connectivity index (χ4v) is 3.16. The first kappa shape index (κ1) is 17.7. The van der Waals surface area contributed by atoms with Gasteiger partial charge in [0.05, 0.1) is 0 Å². The molecule has 134 valence electrons. The Morgan fingerprint density at radius 2 is 2.04 bits per heavy atom. The van der Waals surface area contributed by atoms with Gasteiger partial charge in [0.1, 0.15) is 0 Å². The lowest BCUT2D eigenvalue weighted by molar-refractivity contribution is 0.0619. The van der Waals surface area contributed by atoms with Crippen LogP contribution in [0.25, 0.3) is 0 Å². The molecule has 1 aliphatic heterocycles. The van der Waals surface area contributed by atoms with E-state index in [1.54, 1.807) is 12.1 Å². The van der Waals surface area contributed by atoms with Crippen LogP contribution in [0.15, 0.2) is 24.3 Å². The highest BCUT2D eigenvalue weighted by molar-refractivity contribution is 6.30. The van der Waals surface area contributed by atoms with Crippen molar-refractivity contribution in [2.75, 3.05) is 38.0 Å². The molecule has 2 heterocycles. The van der Waals surface area contributed by atoms with Gasteiger partial charge in [-0.1, -0.05) is 31.5 Å². The third-order valence-corrected chi connectivity index (χ3v) is 4.36. The third-order valence-electron chi connectivity index (χ3n) is 4.12. The average Bonchev–Trinajstić information content (AvgIpc) is 3.02. The molecule has 0 radical (unpaired) electrons. The molecule has 25 heavy (non-hydrogen) atoms. The number of amides is 1. The van der Waals surface area contributed by atoms with E-state index in [4.69, 9.17) is 11.6 Å². The number of halogens is 1. The molecule has 1 fully saturated rings. The van der Waals surface area contributed by atoms with Crippen LogP contribution in [0, 0.1) is 5.92 Å². The Morgan fingerprint density at radius 1 is 1.28 bits per heavy atom. The molecule has 0 spiro atoms. The monoisotopic (exact) mass is 362 g/mol. The zero-order valence-corrected chi connectivity index (χ0v) is 15.3. The van der Waals surface area contributed by atoms with E-state index in [-0.39, 0.29) is 5.91 Å². The van der Waals surface area contributed by atoms with Gasteiger partial charge in [0, 0.05) is 43.4 Å². The van der Waals surface area contributed by atoms with Crippen LogP contribution in [-0.2, 0) is 0 Å². The zero-order chi connectivity index (χ0) is 17.8. The number of aromatic nitrogens is 3. The molecule has 2 N–H and O–H groups in total. The van der Waals surface area contributed by atoms with E-state index in [2.05, 4.69) is 39.5 Å². The number of carbonyl (C=O) groups is 1. The van der Waals surface area contributed by atoms with Gasteiger partial charge in [-0.3, -0.25) is 9.69 Å². The summed E-state index contributed by atoms with van der Waals surface area (Å²) < 4.78 is 0. The first-order valence-electron chi connectivity index (χ1n) is 8.48. The van der Waals surface area contributed by atoms with Crippen molar-refractivity contribution in [1.29, 1.82) is 0 Å². The minimum absolute atomic E-state index is 0.109. The number of piperazine rings is 1. The van der Waals surface area contributed by atoms with Crippen LogP contribution >= 0.6 is 11.6 Å². The minimum Gasteiger partial charge on any atom is -0.337 e. The highest BCUT2D eigenvalue weighted by Crippen LogP contribution is 2.21. The lowest BCUT2D eigenvalue weighted by Gasteiger charge is -2.35. The SMILES string of the molecule is CC(C)CN1CCN(C(=O)c2n[nH]nc2Nc2cccc(Cl)c2)CC1. The molecule has 1 aliphatic rings. The van der Waals surface area contributed by atoms with Crippen LogP contribution in [0.3, 0.4) is 0 Å². The first-order valence-corrected chi connectivity index (χ1v) is 8.85. The van der Waals surface area contributed by atoms with Crippen LogP contribution in [0.5, 0.6) is 0 Å². The number of benzene rings is 1. The largest absolute Gasteiger partial charge is 0.337 e. The lowest BCUT2D eigenvalue weighted by atomic mass is 10.2. The second kappa shape index (κ2) is 7.84. The van der Waals surface area contributed by atoms with Crippen molar-refractivity contribution < 1.29 is 4.79 Å². The van der Waals surface area contributed by atoms with Crippen molar-refractivity contribution >= 4 is 29.0 Å². The summed E-state index contributed by atoms with van der Waals surface area (Å²) in [5, 5.41) is 14.4. The number of H-pyrrole nitrogens is 1. The van der Waals surface area contributed by atoms with Crippen LogP contribution in [0.1, 0.15) is 24.3 Å². The standard InChI is InChI=1S/C17H23ClN6O/c1-12(2)11-23-6-8-24(9-7-23)17(25)15-16(21-22-20-15)19-14-5-3-4-13(18)10-14/h3-5,10,12H,6-9,11H2,1-2H3,(H2,19,20,21,22). The average molecular weight is 363 g/mol. The van der Waals surface area contributed by atoms with E-state index in [0.717, 1.165) is 25.3 Å². The molecular weight excluding hydrogens is 340 g/mol. The lowest BCUT2D eigenvalue weighted by Crippen LogP contribution is -2.49. The van der Waals surface area contributed by atoms with Crippen molar-refractivity contribution in [3.8, 4) is 0 Å². The van der Waals surface area contributed by atoms with Crippen molar-refractivity contribution in [3.05, 3.63) is 35.0 Å². The summed E-state index contributed by atoms with van der Waals surface area (Å²) >= 11 is 5.99.